The minimum atomic E-state index is -0.427. The first-order chi connectivity index (χ1) is 4.27. The molecule has 0 aromatic heterocycles. The standard InChI is InChI=1S/C7H9FS/c1-7(9)5-3-2-4-6-8/h2-5,9H,1,6H2/b4-2-,5-3-. The maximum Gasteiger partial charge on any atom is 0.108 e. The van der Waals surface area contributed by atoms with Crippen LogP contribution in [0.1, 0.15) is 0 Å². The largest absolute Gasteiger partial charge is 0.247 e. The highest BCUT2D eigenvalue weighted by molar-refractivity contribution is 7.84. The van der Waals surface area contributed by atoms with Crippen molar-refractivity contribution >= 4 is 12.6 Å². The fourth-order valence-electron chi connectivity index (χ4n) is 0.297. The summed E-state index contributed by atoms with van der Waals surface area (Å²) in [7, 11) is 0. The highest BCUT2D eigenvalue weighted by Crippen LogP contribution is 1.96. The van der Waals surface area contributed by atoms with Crippen LogP contribution in [0.5, 0.6) is 0 Å². The van der Waals surface area contributed by atoms with Gasteiger partial charge < -0.3 is 0 Å². The van der Waals surface area contributed by atoms with Crippen LogP contribution in [0.25, 0.3) is 0 Å². The van der Waals surface area contributed by atoms with E-state index in [1.165, 1.54) is 6.08 Å². The summed E-state index contributed by atoms with van der Waals surface area (Å²) < 4.78 is 11.4. The maximum absolute atomic E-state index is 11.4. The first kappa shape index (κ1) is 8.50. The van der Waals surface area contributed by atoms with E-state index in [9.17, 15) is 4.39 Å². The average molecular weight is 144 g/mol. The molecule has 9 heavy (non-hydrogen) atoms. The first-order valence-electron chi connectivity index (χ1n) is 2.54. The lowest BCUT2D eigenvalue weighted by atomic mass is 10.4. The van der Waals surface area contributed by atoms with Crippen molar-refractivity contribution in [1.82, 2.24) is 0 Å². The van der Waals surface area contributed by atoms with Gasteiger partial charge in [0.2, 0.25) is 0 Å². The molecule has 0 saturated carbocycles. The molecule has 0 N–H and O–H groups in total. The van der Waals surface area contributed by atoms with Crippen LogP contribution >= 0.6 is 12.6 Å². The van der Waals surface area contributed by atoms with Crippen LogP contribution in [0.15, 0.2) is 35.8 Å². The Morgan fingerprint density at radius 1 is 1.56 bits per heavy atom. The third-order valence-electron chi connectivity index (χ3n) is 0.625. The van der Waals surface area contributed by atoms with Gasteiger partial charge in [-0.1, -0.05) is 24.8 Å². The molecule has 0 rings (SSSR count). The molecule has 0 unspecified atom stereocenters. The molecule has 0 aliphatic heterocycles. The Morgan fingerprint density at radius 2 is 2.22 bits per heavy atom. The molecule has 0 aliphatic rings. The van der Waals surface area contributed by atoms with Crippen LogP contribution in [0.2, 0.25) is 0 Å². The lowest BCUT2D eigenvalue weighted by Gasteiger charge is -1.78. The number of alkyl halides is 1. The van der Waals surface area contributed by atoms with E-state index in [0.29, 0.717) is 4.91 Å². The summed E-state index contributed by atoms with van der Waals surface area (Å²) in [5.74, 6) is 0. The predicted octanol–water partition coefficient (Wildman–Crippen LogP) is 2.51. The lowest BCUT2D eigenvalue weighted by molar-refractivity contribution is 0.562. The number of hydrogen-bond donors (Lipinski definition) is 1. The Bertz CT molecular complexity index is 136. The smallest absolute Gasteiger partial charge is 0.108 e. The molecule has 0 aromatic carbocycles. The predicted molar refractivity (Wildman–Crippen MR) is 42.4 cm³/mol. The molecule has 0 radical (unpaired) electrons. The van der Waals surface area contributed by atoms with Gasteiger partial charge in [0.05, 0.1) is 0 Å². The van der Waals surface area contributed by atoms with Crippen LogP contribution in [-0.4, -0.2) is 6.67 Å². The number of thiol groups is 1. The second-order valence-electron chi connectivity index (χ2n) is 1.43. The number of allylic oxidation sites excluding steroid dienone is 4. The molecule has 0 atom stereocenters. The topological polar surface area (TPSA) is 0 Å². The van der Waals surface area contributed by atoms with E-state index >= 15 is 0 Å². The van der Waals surface area contributed by atoms with Gasteiger partial charge in [-0.25, -0.2) is 4.39 Å². The van der Waals surface area contributed by atoms with Crippen molar-refractivity contribution in [2.45, 2.75) is 0 Å². The highest BCUT2D eigenvalue weighted by atomic mass is 32.1. The molecule has 0 fully saturated rings. The fraction of sp³-hybridized carbons (Fsp3) is 0.143. The molecule has 0 spiro atoms. The molecule has 0 amide bonds. The van der Waals surface area contributed by atoms with Crippen LogP contribution in [0.4, 0.5) is 4.39 Å². The highest BCUT2D eigenvalue weighted by Gasteiger charge is 1.69. The van der Waals surface area contributed by atoms with Gasteiger partial charge in [0.15, 0.2) is 0 Å². The Morgan fingerprint density at radius 3 is 2.67 bits per heavy atom. The Hall–Kier alpha value is -0.500. The zero-order valence-corrected chi connectivity index (χ0v) is 5.94. The lowest BCUT2D eigenvalue weighted by Crippen LogP contribution is -1.59. The summed E-state index contributed by atoms with van der Waals surface area (Å²) in [6, 6.07) is 0. The van der Waals surface area contributed by atoms with Crippen molar-refractivity contribution < 1.29 is 4.39 Å². The fourth-order valence-corrected chi connectivity index (χ4v) is 0.383. The van der Waals surface area contributed by atoms with E-state index in [2.05, 4.69) is 19.2 Å². The monoisotopic (exact) mass is 144 g/mol. The van der Waals surface area contributed by atoms with E-state index in [1.54, 1.807) is 18.2 Å². The molecule has 0 bridgehead atoms. The zero-order chi connectivity index (χ0) is 7.11. The Labute approximate surface area is 60.2 Å². The van der Waals surface area contributed by atoms with Gasteiger partial charge in [-0.2, -0.15) is 0 Å². The SMILES string of the molecule is C=C(S)/C=C\C=C/CF. The van der Waals surface area contributed by atoms with Crippen molar-refractivity contribution in [3.05, 3.63) is 35.8 Å². The van der Waals surface area contributed by atoms with Crippen molar-refractivity contribution in [3.8, 4) is 0 Å². The summed E-state index contributed by atoms with van der Waals surface area (Å²) in [6.07, 6.45) is 6.40. The van der Waals surface area contributed by atoms with Gasteiger partial charge in [0.25, 0.3) is 0 Å². The zero-order valence-electron chi connectivity index (χ0n) is 5.05. The second-order valence-corrected chi connectivity index (χ2v) is 2.01. The minimum Gasteiger partial charge on any atom is -0.247 e. The third kappa shape index (κ3) is 7.50. The van der Waals surface area contributed by atoms with Crippen molar-refractivity contribution in [1.29, 1.82) is 0 Å². The van der Waals surface area contributed by atoms with Gasteiger partial charge in [0.1, 0.15) is 6.67 Å². The van der Waals surface area contributed by atoms with Gasteiger partial charge in [-0.05, 0) is 11.0 Å². The first-order valence-corrected chi connectivity index (χ1v) is 2.99. The molecule has 0 aliphatic carbocycles. The van der Waals surface area contributed by atoms with E-state index < -0.39 is 6.67 Å². The average Bonchev–Trinajstić information content (AvgIpc) is 1.80. The van der Waals surface area contributed by atoms with Crippen molar-refractivity contribution in [2.24, 2.45) is 0 Å². The van der Waals surface area contributed by atoms with Crippen LogP contribution < -0.4 is 0 Å². The second kappa shape index (κ2) is 5.63. The number of hydrogen-bond acceptors (Lipinski definition) is 1. The van der Waals surface area contributed by atoms with Crippen LogP contribution in [0, 0.1) is 0 Å². The van der Waals surface area contributed by atoms with Gasteiger partial charge in [0, 0.05) is 0 Å². The molecule has 50 valence electrons. The van der Waals surface area contributed by atoms with E-state index in [0.717, 1.165) is 0 Å². The molecular formula is C7H9FS. The minimum absolute atomic E-state index is 0.427. The number of halogens is 1. The summed E-state index contributed by atoms with van der Waals surface area (Å²) >= 11 is 3.89. The molecule has 0 saturated heterocycles. The van der Waals surface area contributed by atoms with Crippen molar-refractivity contribution in [2.75, 3.05) is 6.67 Å². The van der Waals surface area contributed by atoms with Gasteiger partial charge >= 0.3 is 0 Å². The molecule has 2 heteroatoms. The maximum atomic E-state index is 11.4. The van der Waals surface area contributed by atoms with E-state index in [4.69, 9.17) is 0 Å². The van der Waals surface area contributed by atoms with E-state index in [-0.39, 0.29) is 0 Å². The van der Waals surface area contributed by atoms with Crippen LogP contribution in [-0.2, 0) is 0 Å². The number of rotatable bonds is 3. The quantitative estimate of drug-likeness (QED) is 0.456. The van der Waals surface area contributed by atoms with Gasteiger partial charge in [-0.3, -0.25) is 0 Å². The molecule has 0 aromatic rings. The van der Waals surface area contributed by atoms with Crippen molar-refractivity contribution in [3.63, 3.8) is 0 Å². The molecule has 0 nitrogen and oxygen atoms in total. The summed E-state index contributed by atoms with van der Waals surface area (Å²) in [6.45, 7) is 3.08. The third-order valence-corrected chi connectivity index (χ3v) is 0.774. The Kier molecular flexibility index (Phi) is 5.32. The molecular weight excluding hydrogens is 135 g/mol. The van der Waals surface area contributed by atoms with Gasteiger partial charge in [-0.15, -0.1) is 12.6 Å². The Balaban J connectivity index is 3.47. The summed E-state index contributed by atoms with van der Waals surface area (Å²) in [5, 5.41) is 0. The van der Waals surface area contributed by atoms with Crippen LogP contribution in [0.3, 0.4) is 0 Å². The summed E-state index contributed by atoms with van der Waals surface area (Å²) in [4.78, 5) is 0.665. The summed E-state index contributed by atoms with van der Waals surface area (Å²) in [5.41, 5.74) is 0. The molecule has 0 heterocycles. The van der Waals surface area contributed by atoms with E-state index in [1.807, 2.05) is 0 Å². The normalized spacial score (nSPS) is 11.3.